The minimum absolute atomic E-state index is 0.0507. The molecule has 1 aromatic carbocycles. The zero-order valence-electron chi connectivity index (χ0n) is 14.0. The maximum Gasteiger partial charge on any atom is 0.303 e. The van der Waals surface area contributed by atoms with Gasteiger partial charge >= 0.3 is 5.97 Å². The molecule has 3 rings (SSSR count). The van der Waals surface area contributed by atoms with Crippen molar-refractivity contribution in [1.82, 2.24) is 10.2 Å². The van der Waals surface area contributed by atoms with E-state index in [9.17, 15) is 9.59 Å². The van der Waals surface area contributed by atoms with Crippen LogP contribution < -0.4 is 5.32 Å². The van der Waals surface area contributed by atoms with Crippen LogP contribution in [-0.4, -0.2) is 48.1 Å². The van der Waals surface area contributed by atoms with Crippen molar-refractivity contribution < 1.29 is 19.1 Å². The molecule has 0 radical (unpaired) electrons. The highest BCUT2D eigenvalue weighted by atomic mass is 16.4. The Bertz CT molecular complexity index is 781. The van der Waals surface area contributed by atoms with Crippen LogP contribution >= 0.6 is 0 Å². The summed E-state index contributed by atoms with van der Waals surface area (Å²) in [6, 6.07) is 5.89. The number of furan rings is 1. The number of amides is 1. The average molecular weight is 330 g/mol. The molecule has 1 fully saturated rings. The number of carboxylic acids is 1. The molecule has 2 N–H and O–H groups in total. The van der Waals surface area contributed by atoms with Crippen LogP contribution in [0.3, 0.4) is 0 Å². The third-order valence-corrected chi connectivity index (χ3v) is 4.51. The van der Waals surface area contributed by atoms with Crippen LogP contribution in [0.25, 0.3) is 11.0 Å². The quantitative estimate of drug-likeness (QED) is 0.901. The van der Waals surface area contributed by atoms with Crippen molar-refractivity contribution >= 4 is 22.8 Å². The van der Waals surface area contributed by atoms with E-state index >= 15 is 0 Å². The number of hydrogen-bond donors (Lipinski definition) is 2. The molecule has 1 aromatic heterocycles. The van der Waals surface area contributed by atoms with Gasteiger partial charge in [-0.25, -0.2) is 0 Å². The minimum atomic E-state index is -0.841. The smallest absolute Gasteiger partial charge is 0.303 e. The van der Waals surface area contributed by atoms with Gasteiger partial charge in [0, 0.05) is 37.1 Å². The van der Waals surface area contributed by atoms with E-state index in [1.54, 1.807) is 4.90 Å². The fourth-order valence-corrected chi connectivity index (χ4v) is 3.24. The van der Waals surface area contributed by atoms with E-state index in [2.05, 4.69) is 5.32 Å². The lowest BCUT2D eigenvalue weighted by Gasteiger charge is -2.22. The summed E-state index contributed by atoms with van der Waals surface area (Å²) in [4.78, 5) is 25.6. The van der Waals surface area contributed by atoms with Crippen LogP contribution in [0.2, 0.25) is 0 Å². The van der Waals surface area contributed by atoms with Crippen LogP contribution in [0.15, 0.2) is 22.6 Å². The van der Waals surface area contributed by atoms with E-state index in [1.165, 1.54) is 0 Å². The highest BCUT2D eigenvalue weighted by Crippen LogP contribution is 2.27. The largest absolute Gasteiger partial charge is 0.481 e. The number of carboxylic acid groups (broad SMARTS) is 1. The molecule has 2 heterocycles. The third kappa shape index (κ3) is 3.28. The number of carbonyl (C=O) groups excluding carboxylic acids is 1. The number of hydrogen-bond acceptors (Lipinski definition) is 4. The molecule has 2 aromatic rings. The van der Waals surface area contributed by atoms with E-state index in [0.29, 0.717) is 37.5 Å². The lowest BCUT2D eigenvalue weighted by Crippen LogP contribution is -2.36. The van der Waals surface area contributed by atoms with Crippen molar-refractivity contribution in [3.05, 3.63) is 35.1 Å². The Morgan fingerprint density at radius 2 is 2.17 bits per heavy atom. The van der Waals surface area contributed by atoms with Crippen LogP contribution in [0, 0.1) is 19.8 Å². The van der Waals surface area contributed by atoms with Gasteiger partial charge in [-0.2, -0.15) is 0 Å². The first-order valence-electron chi connectivity index (χ1n) is 8.17. The van der Waals surface area contributed by atoms with Gasteiger partial charge in [0.15, 0.2) is 5.76 Å². The molecule has 0 bridgehead atoms. The highest BCUT2D eigenvalue weighted by molar-refractivity contribution is 5.99. The highest BCUT2D eigenvalue weighted by Gasteiger charge is 2.27. The van der Waals surface area contributed by atoms with Gasteiger partial charge in [-0.1, -0.05) is 12.1 Å². The molecule has 6 heteroatoms. The number of aryl methyl sites for hydroxylation is 2. The summed E-state index contributed by atoms with van der Waals surface area (Å²) in [5.74, 6) is -0.751. The van der Waals surface area contributed by atoms with Gasteiger partial charge in [0.05, 0.1) is 6.42 Å². The van der Waals surface area contributed by atoms with Crippen molar-refractivity contribution in [3.8, 4) is 0 Å². The summed E-state index contributed by atoms with van der Waals surface area (Å²) >= 11 is 0. The summed E-state index contributed by atoms with van der Waals surface area (Å²) in [5, 5.41) is 13.2. The second-order valence-corrected chi connectivity index (χ2v) is 6.47. The molecule has 1 aliphatic rings. The molecular formula is C18H22N2O4. The van der Waals surface area contributed by atoms with Crippen LogP contribution in [0.1, 0.15) is 28.1 Å². The van der Waals surface area contributed by atoms with Gasteiger partial charge in [-0.15, -0.1) is 0 Å². The molecular weight excluding hydrogens is 308 g/mol. The maximum atomic E-state index is 12.9. The zero-order chi connectivity index (χ0) is 17.3. The first-order valence-corrected chi connectivity index (χ1v) is 8.17. The number of nitrogens with one attached hydrogen (secondary N) is 1. The normalized spacial score (nSPS) is 18.6. The number of rotatable bonds is 3. The minimum Gasteiger partial charge on any atom is -0.481 e. The Kier molecular flexibility index (Phi) is 4.57. The van der Waals surface area contributed by atoms with E-state index in [-0.39, 0.29) is 18.2 Å². The number of nitrogens with zero attached hydrogens (tertiary/aromatic N) is 1. The van der Waals surface area contributed by atoms with E-state index in [4.69, 9.17) is 9.52 Å². The Labute approximate surface area is 140 Å². The molecule has 0 aliphatic carbocycles. The number of benzene rings is 1. The topological polar surface area (TPSA) is 82.8 Å². The average Bonchev–Trinajstić information content (AvgIpc) is 2.70. The fraction of sp³-hybridized carbons (Fsp3) is 0.444. The molecule has 24 heavy (non-hydrogen) atoms. The molecule has 128 valence electrons. The van der Waals surface area contributed by atoms with Gasteiger partial charge in [-0.05, 0) is 31.4 Å². The molecule has 6 nitrogen and oxygen atoms in total. The van der Waals surface area contributed by atoms with Crippen molar-refractivity contribution in [3.63, 3.8) is 0 Å². The van der Waals surface area contributed by atoms with Crippen molar-refractivity contribution in [2.45, 2.75) is 20.3 Å². The van der Waals surface area contributed by atoms with E-state index in [0.717, 1.165) is 16.5 Å². The monoisotopic (exact) mass is 330 g/mol. The second-order valence-electron chi connectivity index (χ2n) is 6.47. The molecule has 1 atom stereocenters. The number of carbonyl (C=O) groups is 2. The van der Waals surface area contributed by atoms with Gasteiger partial charge in [0.1, 0.15) is 5.58 Å². The first kappa shape index (κ1) is 16.5. The predicted molar refractivity (Wildman–Crippen MR) is 90.2 cm³/mol. The second kappa shape index (κ2) is 6.65. The summed E-state index contributed by atoms with van der Waals surface area (Å²) in [5.41, 5.74) is 2.63. The third-order valence-electron chi connectivity index (χ3n) is 4.51. The molecule has 1 aliphatic heterocycles. The maximum absolute atomic E-state index is 12.9. The first-order chi connectivity index (χ1) is 11.5. The summed E-state index contributed by atoms with van der Waals surface area (Å²) < 4.78 is 5.82. The fourth-order valence-electron chi connectivity index (χ4n) is 3.24. The number of fused-ring (bicyclic) bond motifs is 1. The van der Waals surface area contributed by atoms with Gasteiger partial charge < -0.3 is 19.7 Å². The Morgan fingerprint density at radius 3 is 2.92 bits per heavy atom. The Balaban J connectivity index is 1.87. The molecule has 1 unspecified atom stereocenters. The molecule has 1 amide bonds. The van der Waals surface area contributed by atoms with Crippen molar-refractivity contribution in [1.29, 1.82) is 0 Å². The summed E-state index contributed by atoms with van der Waals surface area (Å²) in [6.07, 6.45) is 0.0507. The van der Waals surface area contributed by atoms with E-state index in [1.807, 2.05) is 32.0 Å². The molecule has 0 spiro atoms. The standard InChI is InChI=1S/C18H22N2O4/c1-11-3-4-14-12(2)17(24-15(14)7-11)18(23)20-6-5-19-9-13(10-20)8-16(21)22/h3-4,7,13,19H,5-6,8-10H2,1-2H3,(H,21,22). The lowest BCUT2D eigenvalue weighted by atomic mass is 10.1. The Morgan fingerprint density at radius 1 is 1.38 bits per heavy atom. The zero-order valence-corrected chi connectivity index (χ0v) is 14.0. The van der Waals surface area contributed by atoms with Gasteiger partial charge in [0.25, 0.3) is 5.91 Å². The summed E-state index contributed by atoms with van der Waals surface area (Å²) in [7, 11) is 0. The van der Waals surface area contributed by atoms with Crippen molar-refractivity contribution in [2.75, 3.05) is 26.2 Å². The Hall–Kier alpha value is -2.34. The van der Waals surface area contributed by atoms with Crippen molar-refractivity contribution in [2.24, 2.45) is 5.92 Å². The van der Waals surface area contributed by atoms with Crippen LogP contribution in [0.4, 0.5) is 0 Å². The SMILES string of the molecule is Cc1ccc2c(C)c(C(=O)N3CCNCC(CC(=O)O)C3)oc2c1. The van der Waals surface area contributed by atoms with Gasteiger partial charge in [0.2, 0.25) is 0 Å². The molecule has 1 saturated heterocycles. The summed E-state index contributed by atoms with van der Waals surface area (Å²) in [6.45, 7) is 6.10. The molecule has 0 saturated carbocycles. The predicted octanol–water partition coefficient (Wildman–Crippen LogP) is 2.19. The number of aliphatic carboxylic acids is 1. The van der Waals surface area contributed by atoms with Crippen LogP contribution in [0.5, 0.6) is 0 Å². The van der Waals surface area contributed by atoms with Crippen LogP contribution in [-0.2, 0) is 4.79 Å². The van der Waals surface area contributed by atoms with Gasteiger partial charge in [-0.3, -0.25) is 9.59 Å². The van der Waals surface area contributed by atoms with E-state index < -0.39 is 5.97 Å². The lowest BCUT2D eigenvalue weighted by molar-refractivity contribution is -0.138.